The van der Waals surface area contributed by atoms with Crippen LogP contribution >= 0.6 is 0 Å². The normalized spacial score (nSPS) is 10.7. The average Bonchev–Trinajstić information content (AvgIpc) is 3.02. The van der Waals surface area contributed by atoms with Crippen LogP contribution in [0.25, 0.3) is 11.0 Å². The number of aromatic nitrogens is 2. The van der Waals surface area contributed by atoms with E-state index in [0.717, 1.165) is 0 Å². The van der Waals surface area contributed by atoms with E-state index in [1.165, 1.54) is 18.3 Å². The molecule has 0 aliphatic carbocycles. The third-order valence-electron chi connectivity index (χ3n) is 4.22. The molecule has 0 aliphatic rings. The Morgan fingerprint density at radius 3 is 2.83 bits per heavy atom. The molecule has 1 amide bonds. The summed E-state index contributed by atoms with van der Waals surface area (Å²) in [5, 5.41) is 6.23. The quantitative estimate of drug-likeness (QED) is 0.517. The van der Waals surface area contributed by atoms with Gasteiger partial charge in [0, 0.05) is 36.5 Å². The minimum Gasteiger partial charge on any atom is -0.460 e. The first-order chi connectivity index (χ1) is 14.0. The van der Waals surface area contributed by atoms with Gasteiger partial charge >= 0.3 is 0 Å². The lowest BCUT2D eigenvalue weighted by Crippen LogP contribution is -2.18. The zero-order valence-electron chi connectivity index (χ0n) is 15.7. The van der Waals surface area contributed by atoms with Gasteiger partial charge in [-0.2, -0.15) is 4.98 Å². The minimum atomic E-state index is -0.361. The lowest BCUT2D eigenvalue weighted by Gasteiger charge is -2.08. The van der Waals surface area contributed by atoms with Crippen LogP contribution in [0.1, 0.15) is 16.1 Å². The second kappa shape index (κ2) is 7.59. The molecular formula is C21H17FN4O3. The first-order valence-corrected chi connectivity index (χ1v) is 8.82. The van der Waals surface area contributed by atoms with Crippen molar-refractivity contribution in [3.8, 4) is 11.6 Å². The van der Waals surface area contributed by atoms with Crippen molar-refractivity contribution in [3.05, 3.63) is 71.9 Å². The number of nitrogens with zero attached hydrogens (tertiary/aromatic N) is 2. The molecule has 0 saturated heterocycles. The molecule has 0 fully saturated rings. The van der Waals surface area contributed by atoms with E-state index < -0.39 is 0 Å². The summed E-state index contributed by atoms with van der Waals surface area (Å²) in [4.78, 5) is 20.4. The number of rotatable bonds is 5. The number of nitrogens with one attached hydrogen (secondary N) is 2. The van der Waals surface area contributed by atoms with Crippen LogP contribution in [0.2, 0.25) is 0 Å². The Bertz CT molecular complexity index is 1210. The monoisotopic (exact) mass is 392 g/mol. The van der Waals surface area contributed by atoms with Crippen LogP contribution in [0.15, 0.2) is 59.1 Å². The number of furan rings is 1. The van der Waals surface area contributed by atoms with E-state index in [0.29, 0.717) is 39.6 Å². The van der Waals surface area contributed by atoms with E-state index in [-0.39, 0.29) is 17.7 Å². The summed E-state index contributed by atoms with van der Waals surface area (Å²) in [6.07, 6.45) is 1.53. The van der Waals surface area contributed by atoms with Gasteiger partial charge < -0.3 is 19.8 Å². The van der Waals surface area contributed by atoms with Crippen LogP contribution < -0.4 is 15.4 Å². The highest BCUT2D eigenvalue weighted by molar-refractivity contribution is 6.07. The van der Waals surface area contributed by atoms with Crippen molar-refractivity contribution >= 4 is 28.5 Å². The Kier molecular flexibility index (Phi) is 4.82. The van der Waals surface area contributed by atoms with E-state index >= 15 is 0 Å². The van der Waals surface area contributed by atoms with E-state index in [1.54, 1.807) is 50.4 Å². The van der Waals surface area contributed by atoms with Gasteiger partial charge in [-0.1, -0.05) is 6.07 Å². The predicted octanol–water partition coefficient (Wildman–Crippen LogP) is 4.57. The van der Waals surface area contributed by atoms with E-state index in [4.69, 9.17) is 9.15 Å². The van der Waals surface area contributed by atoms with E-state index in [2.05, 4.69) is 20.6 Å². The summed E-state index contributed by atoms with van der Waals surface area (Å²) >= 11 is 0. The fourth-order valence-corrected chi connectivity index (χ4v) is 2.95. The summed E-state index contributed by atoms with van der Waals surface area (Å²) in [5.74, 6) is 1.02. The van der Waals surface area contributed by atoms with Crippen molar-refractivity contribution in [2.24, 2.45) is 0 Å². The van der Waals surface area contributed by atoms with Crippen LogP contribution in [-0.4, -0.2) is 22.9 Å². The summed E-state index contributed by atoms with van der Waals surface area (Å²) in [6.45, 7) is 1.74. The number of hydrogen-bond donors (Lipinski definition) is 2. The van der Waals surface area contributed by atoms with Gasteiger partial charge in [-0.05, 0) is 37.3 Å². The second-order valence-electron chi connectivity index (χ2n) is 6.23. The van der Waals surface area contributed by atoms with Crippen LogP contribution in [0, 0.1) is 12.7 Å². The molecule has 0 unspecified atom stereocenters. The number of halogens is 1. The smallest absolute Gasteiger partial charge is 0.255 e. The van der Waals surface area contributed by atoms with Crippen molar-refractivity contribution in [3.63, 3.8) is 0 Å². The highest BCUT2D eigenvalue weighted by Crippen LogP contribution is 2.30. The fourth-order valence-electron chi connectivity index (χ4n) is 2.95. The number of benzene rings is 2. The van der Waals surface area contributed by atoms with E-state index in [1.807, 2.05) is 0 Å². The maximum atomic E-state index is 13.3. The number of amides is 1. The first-order valence-electron chi connectivity index (χ1n) is 8.82. The van der Waals surface area contributed by atoms with Gasteiger partial charge in [0.2, 0.25) is 11.8 Å². The van der Waals surface area contributed by atoms with Gasteiger partial charge in [0.25, 0.3) is 5.91 Å². The van der Waals surface area contributed by atoms with Gasteiger partial charge in [-0.15, -0.1) is 0 Å². The molecule has 7 nitrogen and oxygen atoms in total. The summed E-state index contributed by atoms with van der Waals surface area (Å²) in [6, 6.07) is 12.8. The summed E-state index contributed by atoms with van der Waals surface area (Å²) in [7, 11) is 1.57. The molecule has 0 saturated carbocycles. The Labute approximate surface area is 165 Å². The van der Waals surface area contributed by atoms with Gasteiger partial charge in [0.1, 0.15) is 22.9 Å². The van der Waals surface area contributed by atoms with Gasteiger partial charge in [-0.3, -0.25) is 4.79 Å². The molecule has 8 heteroatoms. The molecule has 2 N–H and O–H groups in total. The van der Waals surface area contributed by atoms with Crippen LogP contribution in [0.3, 0.4) is 0 Å². The van der Waals surface area contributed by atoms with Crippen molar-refractivity contribution in [1.29, 1.82) is 0 Å². The molecule has 0 spiro atoms. The maximum absolute atomic E-state index is 13.3. The average molecular weight is 392 g/mol. The molecule has 4 rings (SSSR count). The Morgan fingerprint density at radius 1 is 1.17 bits per heavy atom. The number of carbonyl (C=O) groups excluding carboxylic acids is 1. The molecule has 0 bridgehead atoms. The standard InChI is InChI=1S/C21H17FN4O3/c1-12-19(20(27)23-2)16-7-6-15(11-17(16)28-12)29-18-8-9-24-21(26-18)25-14-5-3-4-13(22)10-14/h3-11H,1-2H3,(H,23,27)(H,24,25,26). The molecule has 0 radical (unpaired) electrons. The maximum Gasteiger partial charge on any atom is 0.255 e. The lowest BCUT2D eigenvalue weighted by atomic mass is 10.1. The topological polar surface area (TPSA) is 89.3 Å². The SMILES string of the molecule is CNC(=O)c1c(C)oc2cc(Oc3ccnc(Nc4cccc(F)c4)n3)ccc12. The molecular weight excluding hydrogens is 375 g/mol. The Morgan fingerprint density at radius 2 is 2.03 bits per heavy atom. The zero-order valence-corrected chi connectivity index (χ0v) is 15.7. The van der Waals surface area contributed by atoms with Crippen molar-refractivity contribution in [2.75, 3.05) is 12.4 Å². The highest BCUT2D eigenvalue weighted by atomic mass is 19.1. The molecule has 4 aromatic rings. The van der Waals surface area contributed by atoms with Gasteiger partial charge in [-0.25, -0.2) is 9.37 Å². The molecule has 0 atom stereocenters. The van der Waals surface area contributed by atoms with Crippen LogP contribution in [0.4, 0.5) is 16.0 Å². The first kappa shape index (κ1) is 18.4. The largest absolute Gasteiger partial charge is 0.460 e. The molecule has 2 aromatic carbocycles. The molecule has 2 heterocycles. The third kappa shape index (κ3) is 3.86. The number of hydrogen-bond acceptors (Lipinski definition) is 6. The number of aryl methyl sites for hydroxylation is 1. The number of fused-ring (bicyclic) bond motifs is 1. The summed E-state index contributed by atoms with van der Waals surface area (Å²) < 4.78 is 24.8. The number of ether oxygens (including phenoxy) is 1. The van der Waals surface area contributed by atoms with Gasteiger partial charge in [0.15, 0.2) is 0 Å². The highest BCUT2D eigenvalue weighted by Gasteiger charge is 2.17. The van der Waals surface area contributed by atoms with Crippen LogP contribution in [0.5, 0.6) is 11.6 Å². The van der Waals surface area contributed by atoms with E-state index in [9.17, 15) is 9.18 Å². The zero-order chi connectivity index (χ0) is 20.4. The third-order valence-corrected chi connectivity index (χ3v) is 4.22. The summed E-state index contributed by atoms with van der Waals surface area (Å²) in [5.41, 5.74) is 1.56. The second-order valence-corrected chi connectivity index (χ2v) is 6.23. The van der Waals surface area contributed by atoms with Crippen molar-refractivity contribution in [1.82, 2.24) is 15.3 Å². The predicted molar refractivity (Wildman–Crippen MR) is 106 cm³/mol. The molecule has 146 valence electrons. The van der Waals surface area contributed by atoms with Crippen LogP contribution in [-0.2, 0) is 0 Å². The molecule has 29 heavy (non-hydrogen) atoms. The fraction of sp³-hybridized carbons (Fsp3) is 0.0952. The minimum absolute atomic E-state index is 0.209. The molecule has 0 aliphatic heterocycles. The Balaban J connectivity index is 1.58. The number of anilines is 2. The number of carbonyl (C=O) groups is 1. The molecule has 2 aromatic heterocycles. The Hall–Kier alpha value is -3.94. The van der Waals surface area contributed by atoms with Crippen molar-refractivity contribution in [2.45, 2.75) is 6.92 Å². The lowest BCUT2D eigenvalue weighted by molar-refractivity contribution is 0.0963. The van der Waals surface area contributed by atoms with Gasteiger partial charge in [0.05, 0.1) is 5.56 Å². The van der Waals surface area contributed by atoms with Crippen molar-refractivity contribution < 1.29 is 18.3 Å².